The topological polar surface area (TPSA) is 94.0 Å². The molecule has 1 heterocycles. The summed E-state index contributed by atoms with van der Waals surface area (Å²) in [5.74, 6) is 1.01. The van der Waals surface area contributed by atoms with E-state index in [-0.39, 0.29) is 12.5 Å². The van der Waals surface area contributed by atoms with Gasteiger partial charge in [0.1, 0.15) is 5.75 Å². The van der Waals surface area contributed by atoms with Gasteiger partial charge < -0.3 is 15.4 Å². The molecule has 0 spiro atoms. The molecule has 2 aromatic carbocycles. The summed E-state index contributed by atoms with van der Waals surface area (Å²) in [5.41, 5.74) is 2.76. The van der Waals surface area contributed by atoms with Crippen LogP contribution in [0.25, 0.3) is 0 Å². The highest BCUT2D eigenvalue weighted by Crippen LogP contribution is 2.24. The number of hydrogen-bond acceptors (Lipinski definition) is 6. The van der Waals surface area contributed by atoms with Crippen molar-refractivity contribution in [2.24, 2.45) is 0 Å². The minimum Gasteiger partial charge on any atom is -0.483 e. The molecule has 8 nitrogen and oxygen atoms in total. The number of unbranched alkanes of at least 4 members (excludes halogenated alkanes) is 1. The summed E-state index contributed by atoms with van der Waals surface area (Å²) in [5, 5.41) is 17.9. The Morgan fingerprint density at radius 1 is 1.20 bits per heavy atom. The van der Waals surface area contributed by atoms with Crippen molar-refractivity contribution in [3.63, 3.8) is 0 Å². The summed E-state index contributed by atoms with van der Waals surface area (Å²) in [6.07, 6.45) is 2.06. The zero-order valence-electron chi connectivity index (χ0n) is 17.1. The van der Waals surface area contributed by atoms with Gasteiger partial charge in [-0.2, -0.15) is 0 Å². The van der Waals surface area contributed by atoms with E-state index in [4.69, 9.17) is 4.74 Å². The summed E-state index contributed by atoms with van der Waals surface area (Å²) in [4.78, 5) is 12.2. The molecule has 0 atom stereocenters. The Hall–Kier alpha value is -2.94. The first-order valence-electron chi connectivity index (χ1n) is 9.83. The Labute approximate surface area is 184 Å². The molecule has 0 saturated heterocycles. The number of carbonyl (C=O) groups is 1. The number of ether oxygens (including phenoxy) is 1. The first-order chi connectivity index (χ1) is 14.5. The van der Waals surface area contributed by atoms with Crippen LogP contribution in [0.5, 0.6) is 5.75 Å². The van der Waals surface area contributed by atoms with E-state index in [1.165, 1.54) is 0 Å². The first kappa shape index (κ1) is 21.8. The Morgan fingerprint density at radius 2 is 2.00 bits per heavy atom. The molecule has 9 heteroatoms. The lowest BCUT2D eigenvalue weighted by Crippen LogP contribution is -2.20. The van der Waals surface area contributed by atoms with Crippen LogP contribution >= 0.6 is 15.9 Å². The number of carbonyl (C=O) groups excluding carboxylic acids is 1. The lowest BCUT2D eigenvalue weighted by Gasteiger charge is -2.13. The number of nitrogens with one attached hydrogen (secondary N) is 2. The smallest absolute Gasteiger partial charge is 0.262 e. The number of aryl methyl sites for hydroxylation is 2. The average molecular weight is 473 g/mol. The van der Waals surface area contributed by atoms with E-state index in [9.17, 15) is 4.79 Å². The van der Waals surface area contributed by atoms with Crippen molar-refractivity contribution in [2.45, 2.75) is 39.8 Å². The van der Waals surface area contributed by atoms with Crippen molar-refractivity contribution >= 4 is 33.5 Å². The van der Waals surface area contributed by atoms with E-state index in [0.29, 0.717) is 18.2 Å². The number of aromatic nitrogens is 4. The van der Waals surface area contributed by atoms with Crippen LogP contribution in [0, 0.1) is 6.92 Å². The largest absolute Gasteiger partial charge is 0.483 e. The highest BCUT2D eigenvalue weighted by molar-refractivity contribution is 9.10. The van der Waals surface area contributed by atoms with Gasteiger partial charge in [0.15, 0.2) is 6.61 Å². The van der Waals surface area contributed by atoms with Gasteiger partial charge in [-0.1, -0.05) is 52.1 Å². The summed E-state index contributed by atoms with van der Waals surface area (Å²) < 4.78 is 8.45. The van der Waals surface area contributed by atoms with Gasteiger partial charge in [0, 0.05) is 28.8 Å². The molecule has 0 bridgehead atoms. The fourth-order valence-electron chi connectivity index (χ4n) is 2.77. The summed E-state index contributed by atoms with van der Waals surface area (Å²) in [6.45, 7) is 5.25. The molecular weight excluding hydrogens is 448 g/mol. The predicted molar refractivity (Wildman–Crippen MR) is 119 cm³/mol. The minimum atomic E-state index is -0.218. The van der Waals surface area contributed by atoms with E-state index >= 15 is 0 Å². The monoisotopic (exact) mass is 472 g/mol. The highest BCUT2D eigenvalue weighted by Gasteiger charge is 2.11. The van der Waals surface area contributed by atoms with Crippen molar-refractivity contribution in [2.75, 3.05) is 17.2 Å². The number of benzene rings is 2. The van der Waals surface area contributed by atoms with Gasteiger partial charge in [-0.3, -0.25) is 4.79 Å². The van der Waals surface area contributed by atoms with Crippen LogP contribution in [0.1, 0.15) is 30.9 Å². The number of halogens is 1. The molecule has 3 rings (SSSR count). The van der Waals surface area contributed by atoms with Gasteiger partial charge in [0.25, 0.3) is 5.91 Å². The van der Waals surface area contributed by atoms with E-state index in [0.717, 1.165) is 40.7 Å². The van der Waals surface area contributed by atoms with E-state index in [2.05, 4.69) is 49.0 Å². The van der Waals surface area contributed by atoms with Crippen LogP contribution in [-0.4, -0.2) is 32.7 Å². The third-order valence-electron chi connectivity index (χ3n) is 4.41. The summed E-state index contributed by atoms with van der Waals surface area (Å²) >= 11 is 3.49. The number of tetrazole rings is 1. The molecule has 0 radical (unpaired) electrons. The molecule has 0 aliphatic carbocycles. The van der Waals surface area contributed by atoms with Crippen LogP contribution < -0.4 is 15.4 Å². The molecule has 0 unspecified atom stereocenters. The molecule has 2 N–H and O–H groups in total. The van der Waals surface area contributed by atoms with Crippen molar-refractivity contribution in [3.8, 4) is 5.75 Å². The number of hydrogen-bond donors (Lipinski definition) is 2. The highest BCUT2D eigenvalue weighted by atomic mass is 79.9. The predicted octanol–water partition coefficient (Wildman–Crippen LogP) is 4.17. The van der Waals surface area contributed by atoms with E-state index < -0.39 is 0 Å². The van der Waals surface area contributed by atoms with Gasteiger partial charge in [-0.05, 0) is 54.1 Å². The Bertz CT molecular complexity index is 974. The molecule has 0 fully saturated rings. The van der Waals surface area contributed by atoms with Gasteiger partial charge in [0.2, 0.25) is 5.95 Å². The van der Waals surface area contributed by atoms with Crippen LogP contribution in [0.15, 0.2) is 46.9 Å². The zero-order chi connectivity index (χ0) is 21.3. The maximum atomic E-state index is 12.2. The number of anilines is 2. The van der Waals surface area contributed by atoms with Crippen molar-refractivity contribution in [1.82, 2.24) is 20.2 Å². The van der Waals surface area contributed by atoms with Gasteiger partial charge in [0.05, 0.1) is 0 Å². The molecule has 0 aliphatic heterocycles. The van der Waals surface area contributed by atoms with Gasteiger partial charge in [-0.15, -0.1) is 0 Å². The maximum Gasteiger partial charge on any atom is 0.262 e. The second kappa shape index (κ2) is 10.7. The number of rotatable bonds is 10. The lowest BCUT2D eigenvalue weighted by atomic mass is 10.2. The molecule has 158 valence electrons. The quantitative estimate of drug-likeness (QED) is 0.459. The molecule has 3 aromatic rings. The Balaban J connectivity index is 1.60. The lowest BCUT2D eigenvalue weighted by molar-refractivity contribution is -0.118. The third-order valence-corrected chi connectivity index (χ3v) is 4.90. The summed E-state index contributed by atoms with van der Waals surface area (Å²) in [7, 11) is 0. The minimum absolute atomic E-state index is 0.0866. The van der Waals surface area contributed by atoms with Crippen molar-refractivity contribution in [1.29, 1.82) is 0 Å². The van der Waals surface area contributed by atoms with Gasteiger partial charge >= 0.3 is 0 Å². The van der Waals surface area contributed by atoms with Gasteiger partial charge in [-0.25, -0.2) is 4.68 Å². The Morgan fingerprint density at radius 3 is 2.77 bits per heavy atom. The molecule has 1 aromatic heterocycles. The fourth-order valence-corrected chi connectivity index (χ4v) is 3.18. The SMILES string of the molecule is CCCCn1nnnc1NCc1cc(Br)ccc1OCC(=O)Nc1ccc(C)cc1. The van der Waals surface area contributed by atoms with E-state index in [1.54, 1.807) is 4.68 Å². The first-order valence-corrected chi connectivity index (χ1v) is 10.6. The second-order valence-corrected chi connectivity index (χ2v) is 7.80. The molecular formula is C21H25BrN6O2. The van der Waals surface area contributed by atoms with Crippen LogP contribution in [0.4, 0.5) is 11.6 Å². The molecule has 30 heavy (non-hydrogen) atoms. The van der Waals surface area contributed by atoms with E-state index in [1.807, 2.05) is 49.4 Å². The molecule has 0 aliphatic rings. The van der Waals surface area contributed by atoms with Crippen LogP contribution in [0.2, 0.25) is 0 Å². The zero-order valence-corrected chi connectivity index (χ0v) is 18.6. The molecule has 0 saturated carbocycles. The van der Waals surface area contributed by atoms with Crippen molar-refractivity contribution < 1.29 is 9.53 Å². The molecule has 1 amide bonds. The van der Waals surface area contributed by atoms with Crippen LogP contribution in [-0.2, 0) is 17.9 Å². The van der Waals surface area contributed by atoms with Crippen LogP contribution in [0.3, 0.4) is 0 Å². The Kier molecular flexibility index (Phi) is 7.78. The summed E-state index contributed by atoms with van der Waals surface area (Å²) in [6, 6.07) is 13.3. The second-order valence-electron chi connectivity index (χ2n) is 6.89. The normalized spacial score (nSPS) is 10.6. The standard InChI is InChI=1S/C21H25BrN6O2/c1-3-4-11-28-21(25-26-27-28)23-13-16-12-17(22)7-10-19(16)30-14-20(29)24-18-8-5-15(2)6-9-18/h5-10,12H,3-4,11,13-14H2,1-2H3,(H,24,29)(H,23,25,27). The average Bonchev–Trinajstić information content (AvgIpc) is 3.19. The fraction of sp³-hybridized carbons (Fsp3) is 0.333. The number of amides is 1. The third kappa shape index (κ3) is 6.28. The van der Waals surface area contributed by atoms with Crippen molar-refractivity contribution in [3.05, 3.63) is 58.1 Å². The number of nitrogens with zero attached hydrogens (tertiary/aromatic N) is 4. The maximum absolute atomic E-state index is 12.2.